The SMILES string of the molecule is CC(C)(O)C(=O)c1cc2cccnc2o1. The van der Waals surface area contributed by atoms with Crippen LogP contribution in [0.5, 0.6) is 0 Å². The van der Waals surface area contributed by atoms with Crippen molar-refractivity contribution in [2.75, 3.05) is 0 Å². The van der Waals surface area contributed by atoms with Gasteiger partial charge in [0.15, 0.2) is 5.76 Å². The smallest absolute Gasteiger partial charge is 0.228 e. The summed E-state index contributed by atoms with van der Waals surface area (Å²) in [6.45, 7) is 2.85. The summed E-state index contributed by atoms with van der Waals surface area (Å²) >= 11 is 0. The van der Waals surface area contributed by atoms with Crippen LogP contribution in [-0.4, -0.2) is 21.5 Å². The predicted molar refractivity (Wildman–Crippen MR) is 54.6 cm³/mol. The van der Waals surface area contributed by atoms with Crippen molar-refractivity contribution < 1.29 is 14.3 Å². The lowest BCUT2D eigenvalue weighted by molar-refractivity contribution is 0.0461. The zero-order chi connectivity index (χ0) is 11.1. The number of rotatable bonds is 2. The van der Waals surface area contributed by atoms with Crippen LogP contribution in [0.2, 0.25) is 0 Å². The molecular formula is C11H11NO3. The van der Waals surface area contributed by atoms with Crippen LogP contribution in [0.4, 0.5) is 0 Å². The largest absolute Gasteiger partial charge is 0.434 e. The van der Waals surface area contributed by atoms with E-state index in [-0.39, 0.29) is 5.76 Å². The van der Waals surface area contributed by atoms with E-state index in [0.717, 1.165) is 5.39 Å². The van der Waals surface area contributed by atoms with E-state index in [1.807, 2.05) is 0 Å². The summed E-state index contributed by atoms with van der Waals surface area (Å²) in [6.07, 6.45) is 1.59. The van der Waals surface area contributed by atoms with Crippen LogP contribution in [0.1, 0.15) is 24.4 Å². The number of carbonyl (C=O) groups excluding carboxylic acids is 1. The van der Waals surface area contributed by atoms with E-state index in [1.165, 1.54) is 13.8 Å². The van der Waals surface area contributed by atoms with E-state index in [0.29, 0.717) is 5.71 Å². The molecule has 0 atom stereocenters. The second-order valence-electron chi connectivity index (χ2n) is 3.90. The number of aromatic nitrogens is 1. The van der Waals surface area contributed by atoms with Gasteiger partial charge in [0.2, 0.25) is 11.5 Å². The summed E-state index contributed by atoms with van der Waals surface area (Å²) in [7, 11) is 0. The lowest BCUT2D eigenvalue weighted by Crippen LogP contribution is -2.30. The minimum absolute atomic E-state index is 0.135. The number of furan rings is 1. The molecule has 2 heterocycles. The number of carbonyl (C=O) groups is 1. The third kappa shape index (κ3) is 1.76. The Morgan fingerprint density at radius 2 is 2.27 bits per heavy atom. The molecule has 0 unspecified atom stereocenters. The van der Waals surface area contributed by atoms with Crippen LogP contribution in [0.25, 0.3) is 11.1 Å². The van der Waals surface area contributed by atoms with E-state index in [1.54, 1.807) is 24.4 Å². The van der Waals surface area contributed by atoms with E-state index >= 15 is 0 Å². The van der Waals surface area contributed by atoms with Gasteiger partial charge in [0.25, 0.3) is 0 Å². The monoisotopic (exact) mass is 205 g/mol. The lowest BCUT2D eigenvalue weighted by Gasteiger charge is -2.12. The van der Waals surface area contributed by atoms with Crippen molar-refractivity contribution in [3.63, 3.8) is 0 Å². The first-order chi connectivity index (χ1) is 6.98. The molecule has 0 aliphatic heterocycles. The Hall–Kier alpha value is -1.68. The minimum Gasteiger partial charge on any atom is -0.434 e. The number of fused-ring (bicyclic) bond motifs is 1. The Morgan fingerprint density at radius 3 is 2.87 bits per heavy atom. The fourth-order valence-corrected chi connectivity index (χ4v) is 1.29. The fourth-order valence-electron chi connectivity index (χ4n) is 1.29. The molecule has 2 aromatic rings. The molecule has 0 aromatic carbocycles. The molecule has 0 radical (unpaired) electrons. The Morgan fingerprint density at radius 1 is 1.53 bits per heavy atom. The molecule has 4 heteroatoms. The molecule has 0 saturated carbocycles. The molecular weight excluding hydrogens is 194 g/mol. The highest BCUT2D eigenvalue weighted by Gasteiger charge is 2.28. The first kappa shape index (κ1) is 9.86. The molecule has 0 bridgehead atoms. The van der Waals surface area contributed by atoms with Gasteiger partial charge in [0.1, 0.15) is 5.60 Å². The molecule has 0 spiro atoms. The molecule has 0 fully saturated rings. The number of hydrogen-bond acceptors (Lipinski definition) is 4. The summed E-state index contributed by atoms with van der Waals surface area (Å²) in [6, 6.07) is 5.14. The minimum atomic E-state index is -1.42. The number of ketones is 1. The quantitative estimate of drug-likeness (QED) is 0.759. The Balaban J connectivity index is 2.50. The van der Waals surface area contributed by atoms with Gasteiger partial charge in [-0.1, -0.05) is 0 Å². The summed E-state index contributed by atoms with van der Waals surface area (Å²) in [5.41, 5.74) is -1.02. The van der Waals surface area contributed by atoms with Crippen LogP contribution in [0.15, 0.2) is 28.8 Å². The van der Waals surface area contributed by atoms with E-state index in [4.69, 9.17) is 4.42 Å². The first-order valence-corrected chi connectivity index (χ1v) is 4.60. The first-order valence-electron chi connectivity index (χ1n) is 4.60. The Kier molecular flexibility index (Phi) is 2.08. The van der Waals surface area contributed by atoms with Crippen molar-refractivity contribution in [2.45, 2.75) is 19.4 Å². The Labute approximate surface area is 86.5 Å². The van der Waals surface area contributed by atoms with Crippen molar-refractivity contribution in [1.29, 1.82) is 0 Å². The number of aliphatic hydroxyl groups is 1. The van der Waals surface area contributed by atoms with Gasteiger partial charge in [-0.25, -0.2) is 4.98 Å². The second-order valence-corrected chi connectivity index (χ2v) is 3.90. The summed E-state index contributed by atoms with van der Waals surface area (Å²) in [5, 5.41) is 10.3. The van der Waals surface area contributed by atoms with Gasteiger partial charge < -0.3 is 9.52 Å². The highest BCUT2D eigenvalue weighted by molar-refractivity contribution is 6.01. The zero-order valence-electron chi connectivity index (χ0n) is 8.52. The molecule has 1 N–H and O–H groups in total. The molecule has 2 rings (SSSR count). The van der Waals surface area contributed by atoms with Crippen molar-refractivity contribution in [3.8, 4) is 0 Å². The highest BCUT2D eigenvalue weighted by Crippen LogP contribution is 2.20. The zero-order valence-corrected chi connectivity index (χ0v) is 8.52. The van der Waals surface area contributed by atoms with Crippen LogP contribution >= 0.6 is 0 Å². The second kappa shape index (κ2) is 3.17. The topological polar surface area (TPSA) is 63.3 Å². The third-order valence-electron chi connectivity index (χ3n) is 2.07. The normalized spacial score (nSPS) is 11.9. The van der Waals surface area contributed by atoms with Crippen LogP contribution in [0, 0.1) is 0 Å². The Bertz CT molecular complexity index is 475. The van der Waals surface area contributed by atoms with Crippen molar-refractivity contribution in [1.82, 2.24) is 4.98 Å². The molecule has 78 valence electrons. The average Bonchev–Trinajstić information content (AvgIpc) is 2.58. The average molecular weight is 205 g/mol. The molecule has 4 nitrogen and oxygen atoms in total. The summed E-state index contributed by atoms with van der Waals surface area (Å²) in [5.74, 6) is -0.309. The fraction of sp³-hybridized carbons (Fsp3) is 0.273. The van der Waals surface area contributed by atoms with Crippen LogP contribution in [0.3, 0.4) is 0 Å². The van der Waals surface area contributed by atoms with Gasteiger partial charge in [-0.3, -0.25) is 4.79 Å². The van der Waals surface area contributed by atoms with Gasteiger partial charge in [0, 0.05) is 11.6 Å². The standard InChI is InChI=1S/C11H11NO3/c1-11(2,14)9(13)8-6-7-4-3-5-12-10(7)15-8/h3-6,14H,1-2H3. The van der Waals surface area contributed by atoms with Crippen LogP contribution < -0.4 is 0 Å². The maximum absolute atomic E-state index is 11.7. The van der Waals surface area contributed by atoms with E-state index in [9.17, 15) is 9.90 Å². The van der Waals surface area contributed by atoms with Gasteiger partial charge >= 0.3 is 0 Å². The van der Waals surface area contributed by atoms with E-state index in [2.05, 4.69) is 4.98 Å². The third-order valence-corrected chi connectivity index (χ3v) is 2.07. The molecule has 2 aromatic heterocycles. The summed E-state index contributed by atoms with van der Waals surface area (Å²) in [4.78, 5) is 15.6. The number of Topliss-reactive ketones (excluding diaryl/α,β-unsaturated/α-hetero) is 1. The molecule has 0 amide bonds. The van der Waals surface area contributed by atoms with Gasteiger partial charge in [0.05, 0.1) is 0 Å². The van der Waals surface area contributed by atoms with Crippen molar-refractivity contribution in [2.24, 2.45) is 0 Å². The van der Waals surface area contributed by atoms with Gasteiger partial charge in [-0.15, -0.1) is 0 Å². The lowest BCUT2D eigenvalue weighted by atomic mass is 10.0. The number of hydrogen-bond donors (Lipinski definition) is 1. The predicted octanol–water partition coefficient (Wildman–Crippen LogP) is 1.78. The van der Waals surface area contributed by atoms with Gasteiger partial charge in [-0.05, 0) is 32.0 Å². The molecule has 15 heavy (non-hydrogen) atoms. The maximum Gasteiger partial charge on any atom is 0.228 e. The highest BCUT2D eigenvalue weighted by atomic mass is 16.4. The molecule has 0 aliphatic carbocycles. The maximum atomic E-state index is 11.7. The van der Waals surface area contributed by atoms with Gasteiger partial charge in [-0.2, -0.15) is 0 Å². The van der Waals surface area contributed by atoms with E-state index < -0.39 is 11.4 Å². The summed E-state index contributed by atoms with van der Waals surface area (Å²) < 4.78 is 5.24. The van der Waals surface area contributed by atoms with Crippen molar-refractivity contribution >= 4 is 16.9 Å². The molecule has 0 saturated heterocycles. The molecule has 0 aliphatic rings. The van der Waals surface area contributed by atoms with Crippen LogP contribution in [-0.2, 0) is 0 Å². The van der Waals surface area contributed by atoms with Crippen molar-refractivity contribution in [3.05, 3.63) is 30.2 Å². The number of pyridine rings is 1. The number of nitrogens with zero attached hydrogens (tertiary/aromatic N) is 1.